The van der Waals surface area contributed by atoms with Crippen molar-refractivity contribution in [3.05, 3.63) is 82.9 Å². The van der Waals surface area contributed by atoms with Gasteiger partial charge in [-0.15, -0.1) is 6.58 Å². The standard InChI is InChI=1S/C40H55ClN2O5S/c1-5-8-10-15-37(44)34-19-16-32(34)25-43-26-40(22-11-14-30-23-33(41)18-20-35(30)40)27-48-38-21-17-31(24-36(38)43)39(45)42-49(46,47)28(4)29(12-7-3)13-9-6-2/h7,10,15,17-18,20-21,23-24,28-29,32,34,37,44H,3,5-6,8-9,11-14,16,19,22,25-27H2,1-2,4H3,(H,42,45)/b15-10+/t28?,29?,32-,34+,37?,40-/m0/s1. The number of unbranched alkanes of at least 4 members (excludes halogenated alkanes) is 2. The van der Waals surface area contributed by atoms with E-state index in [-0.39, 0.29) is 28.7 Å². The molecule has 3 unspecified atom stereocenters. The summed E-state index contributed by atoms with van der Waals surface area (Å²) in [5, 5.41) is 11.1. The first-order valence-corrected chi connectivity index (χ1v) is 20.3. The molecule has 0 bridgehead atoms. The molecule has 6 atom stereocenters. The number of carbonyl (C=O) groups excluding carboxylic acids is 1. The monoisotopic (exact) mass is 710 g/mol. The number of aryl methyl sites for hydroxylation is 1. The lowest BCUT2D eigenvalue weighted by atomic mass is 9.68. The summed E-state index contributed by atoms with van der Waals surface area (Å²) < 4.78 is 36.0. The molecule has 0 aromatic heterocycles. The number of rotatable bonds is 15. The molecule has 1 heterocycles. The number of allylic oxidation sites excluding steroid dienone is 2. The number of hydrogen-bond donors (Lipinski definition) is 2. The molecule has 1 aliphatic heterocycles. The Morgan fingerprint density at radius 1 is 1.20 bits per heavy atom. The first-order chi connectivity index (χ1) is 23.5. The lowest BCUT2D eigenvalue weighted by molar-refractivity contribution is 0.0456. The summed E-state index contributed by atoms with van der Waals surface area (Å²) in [6.07, 6.45) is 15.4. The number of nitrogens with zero attached hydrogens (tertiary/aromatic N) is 1. The summed E-state index contributed by atoms with van der Waals surface area (Å²) in [4.78, 5) is 16.0. The quantitative estimate of drug-likeness (QED) is 0.180. The van der Waals surface area contributed by atoms with Gasteiger partial charge in [0.25, 0.3) is 5.91 Å². The smallest absolute Gasteiger partial charge is 0.264 e. The number of hydrogen-bond acceptors (Lipinski definition) is 6. The Morgan fingerprint density at radius 3 is 2.73 bits per heavy atom. The van der Waals surface area contributed by atoms with Crippen molar-refractivity contribution in [1.82, 2.24) is 4.72 Å². The number of nitrogens with one attached hydrogen (secondary N) is 1. The number of benzene rings is 2. The van der Waals surface area contributed by atoms with E-state index in [1.165, 1.54) is 11.1 Å². The van der Waals surface area contributed by atoms with E-state index in [9.17, 15) is 18.3 Å². The highest BCUT2D eigenvalue weighted by atomic mass is 35.5. The lowest BCUT2D eigenvalue weighted by Crippen LogP contribution is -2.49. The van der Waals surface area contributed by atoms with Crippen molar-refractivity contribution >= 4 is 33.2 Å². The van der Waals surface area contributed by atoms with Crippen molar-refractivity contribution in [3.63, 3.8) is 0 Å². The van der Waals surface area contributed by atoms with Gasteiger partial charge in [-0.2, -0.15) is 0 Å². The van der Waals surface area contributed by atoms with E-state index in [2.05, 4.69) is 48.3 Å². The van der Waals surface area contributed by atoms with Gasteiger partial charge in [-0.25, -0.2) is 13.1 Å². The predicted octanol–water partition coefficient (Wildman–Crippen LogP) is 8.39. The Morgan fingerprint density at radius 2 is 2.02 bits per heavy atom. The van der Waals surface area contributed by atoms with Crippen LogP contribution in [0.5, 0.6) is 5.75 Å². The highest BCUT2D eigenvalue weighted by Gasteiger charge is 2.44. The van der Waals surface area contributed by atoms with Gasteiger partial charge < -0.3 is 14.7 Å². The van der Waals surface area contributed by atoms with Crippen molar-refractivity contribution in [2.45, 2.75) is 108 Å². The number of halogens is 1. The van der Waals surface area contributed by atoms with Gasteiger partial charge in [0.2, 0.25) is 10.0 Å². The topological polar surface area (TPSA) is 95.9 Å². The third-order valence-electron chi connectivity index (χ3n) is 11.2. The van der Waals surface area contributed by atoms with Gasteiger partial charge >= 0.3 is 0 Å². The van der Waals surface area contributed by atoms with Crippen molar-refractivity contribution in [1.29, 1.82) is 0 Å². The summed E-state index contributed by atoms with van der Waals surface area (Å²) >= 11 is 6.44. The normalized spacial score (nSPS) is 23.8. The maximum absolute atomic E-state index is 13.7. The Hall–Kier alpha value is -2.81. The molecule has 7 nitrogen and oxygen atoms in total. The third kappa shape index (κ3) is 8.57. The van der Waals surface area contributed by atoms with E-state index in [4.69, 9.17) is 16.3 Å². The molecule has 5 rings (SSSR count). The van der Waals surface area contributed by atoms with Gasteiger partial charge in [-0.05, 0) is 118 Å². The van der Waals surface area contributed by atoms with Crippen LogP contribution < -0.4 is 14.4 Å². The second kappa shape index (κ2) is 16.5. The average Bonchev–Trinajstić information content (AvgIpc) is 3.21. The van der Waals surface area contributed by atoms with Gasteiger partial charge in [0, 0.05) is 29.1 Å². The van der Waals surface area contributed by atoms with Gasteiger partial charge in [-0.1, -0.05) is 69.0 Å². The zero-order chi connectivity index (χ0) is 35.2. The highest BCUT2D eigenvalue weighted by molar-refractivity contribution is 7.90. The van der Waals surface area contributed by atoms with Crippen LogP contribution in [0.3, 0.4) is 0 Å². The van der Waals surface area contributed by atoms with Crippen LogP contribution >= 0.6 is 11.6 Å². The van der Waals surface area contributed by atoms with E-state index in [1.807, 2.05) is 12.1 Å². The molecule has 2 aliphatic carbocycles. The fourth-order valence-corrected chi connectivity index (χ4v) is 9.62. The SMILES string of the molecule is C=CCC(CCCC)C(C)S(=O)(=O)NC(=O)c1ccc2c(c1)N(C[C@@H]1CC[C@H]1C(O)/C=C/CCC)C[C@@]1(CCCc3cc(Cl)ccc31)CO2. The van der Waals surface area contributed by atoms with Crippen LogP contribution in [0.15, 0.2) is 61.2 Å². The largest absolute Gasteiger partial charge is 0.490 e. The number of carbonyl (C=O) groups is 1. The molecule has 2 aromatic rings. The van der Waals surface area contributed by atoms with Gasteiger partial charge in [0.1, 0.15) is 5.75 Å². The van der Waals surface area contributed by atoms with Crippen LogP contribution in [-0.4, -0.2) is 50.5 Å². The minimum atomic E-state index is -3.94. The maximum atomic E-state index is 13.7. The van der Waals surface area contributed by atoms with Crippen molar-refractivity contribution in [2.24, 2.45) is 17.8 Å². The summed E-state index contributed by atoms with van der Waals surface area (Å²) in [6.45, 7) is 11.6. The van der Waals surface area contributed by atoms with Crippen LogP contribution in [0.25, 0.3) is 0 Å². The molecule has 268 valence electrons. The first-order valence-electron chi connectivity index (χ1n) is 18.3. The number of amides is 1. The molecule has 2 N–H and O–H groups in total. The number of ether oxygens (including phenoxy) is 1. The number of sulfonamides is 1. The van der Waals surface area contributed by atoms with Crippen LogP contribution in [0.2, 0.25) is 5.02 Å². The second-order valence-electron chi connectivity index (χ2n) is 14.6. The number of fused-ring (bicyclic) bond motifs is 3. The summed E-state index contributed by atoms with van der Waals surface area (Å²) in [5.41, 5.74) is 3.28. The number of anilines is 1. The minimum absolute atomic E-state index is 0.120. The molecule has 9 heteroatoms. The molecule has 1 spiro atoms. The van der Waals surface area contributed by atoms with Crippen molar-refractivity contribution in [2.75, 3.05) is 24.6 Å². The van der Waals surface area contributed by atoms with E-state index >= 15 is 0 Å². The molecule has 0 saturated heterocycles. The van der Waals surface area contributed by atoms with Crippen molar-refractivity contribution < 1.29 is 23.1 Å². The summed E-state index contributed by atoms with van der Waals surface area (Å²) in [6, 6.07) is 11.4. The zero-order valence-electron chi connectivity index (χ0n) is 29.5. The molecular weight excluding hydrogens is 656 g/mol. The van der Waals surface area contributed by atoms with Gasteiger partial charge in [0.15, 0.2) is 0 Å². The van der Waals surface area contributed by atoms with E-state index in [0.717, 1.165) is 74.9 Å². The Balaban J connectivity index is 1.45. The molecular formula is C40H55ClN2O5S. The third-order valence-corrected chi connectivity index (χ3v) is 13.3. The van der Waals surface area contributed by atoms with Crippen LogP contribution in [0, 0.1) is 17.8 Å². The number of aliphatic hydroxyl groups excluding tert-OH is 1. The minimum Gasteiger partial charge on any atom is -0.490 e. The average molecular weight is 711 g/mol. The first kappa shape index (κ1) is 37.4. The van der Waals surface area contributed by atoms with Crippen LogP contribution in [-0.2, 0) is 21.9 Å². The summed E-state index contributed by atoms with van der Waals surface area (Å²) in [5.74, 6) is 0.336. The fourth-order valence-electron chi connectivity index (χ4n) is 8.11. The second-order valence-corrected chi connectivity index (χ2v) is 17.1. The Kier molecular flexibility index (Phi) is 12.6. The molecule has 49 heavy (non-hydrogen) atoms. The van der Waals surface area contributed by atoms with Crippen molar-refractivity contribution in [3.8, 4) is 5.75 Å². The van der Waals surface area contributed by atoms with E-state index in [1.54, 1.807) is 31.2 Å². The molecule has 1 amide bonds. The zero-order valence-corrected chi connectivity index (χ0v) is 31.1. The fraction of sp³-hybridized carbons (Fsp3) is 0.575. The molecule has 1 saturated carbocycles. The van der Waals surface area contributed by atoms with Crippen LogP contribution in [0.4, 0.5) is 5.69 Å². The molecule has 2 aromatic carbocycles. The van der Waals surface area contributed by atoms with Gasteiger partial charge in [0.05, 0.1) is 23.6 Å². The predicted molar refractivity (Wildman–Crippen MR) is 200 cm³/mol. The molecule has 3 aliphatic rings. The summed E-state index contributed by atoms with van der Waals surface area (Å²) in [7, 11) is -3.94. The highest BCUT2D eigenvalue weighted by Crippen LogP contribution is 2.46. The maximum Gasteiger partial charge on any atom is 0.264 e. The van der Waals surface area contributed by atoms with E-state index < -0.39 is 27.3 Å². The van der Waals surface area contributed by atoms with Crippen LogP contribution in [0.1, 0.15) is 106 Å². The Bertz CT molecular complexity index is 1610. The lowest BCUT2D eigenvalue weighted by Gasteiger charge is -2.45. The Labute approximate surface area is 299 Å². The van der Waals surface area contributed by atoms with Gasteiger partial charge in [-0.3, -0.25) is 4.79 Å². The molecule has 1 fully saturated rings. The molecule has 0 radical (unpaired) electrons. The van der Waals surface area contributed by atoms with E-state index in [0.29, 0.717) is 31.9 Å². The number of aliphatic hydroxyl groups is 1.